The van der Waals surface area contributed by atoms with Crippen molar-refractivity contribution in [1.82, 2.24) is 9.80 Å². The van der Waals surface area contributed by atoms with Crippen LogP contribution in [0.2, 0.25) is 0 Å². The van der Waals surface area contributed by atoms with E-state index in [2.05, 4.69) is 47.4 Å². The lowest BCUT2D eigenvalue weighted by Crippen LogP contribution is -2.48. The Labute approximate surface area is 162 Å². The monoisotopic (exact) mass is 379 g/mol. The number of hydrogen-bond donors (Lipinski definition) is 1. The van der Waals surface area contributed by atoms with Gasteiger partial charge in [0, 0.05) is 32.7 Å². The van der Waals surface area contributed by atoms with E-state index in [1.165, 1.54) is 27.7 Å². The highest BCUT2D eigenvalue weighted by molar-refractivity contribution is 7.15. The van der Waals surface area contributed by atoms with E-state index >= 15 is 0 Å². The molecule has 4 rings (SSSR count). The highest BCUT2D eigenvalue weighted by atomic mass is 32.1. The molecule has 1 aliphatic rings. The molecular weight excluding hydrogens is 358 g/mol. The quantitative estimate of drug-likeness (QED) is 0.758. The molecule has 1 saturated heterocycles. The molecule has 138 valence electrons. The van der Waals surface area contributed by atoms with Gasteiger partial charge in [0.15, 0.2) is 0 Å². The van der Waals surface area contributed by atoms with Gasteiger partial charge in [-0.1, -0.05) is 42.5 Å². The van der Waals surface area contributed by atoms with Gasteiger partial charge in [-0.2, -0.15) is 0 Å². The van der Waals surface area contributed by atoms with Crippen LogP contribution >= 0.6 is 11.3 Å². The summed E-state index contributed by atoms with van der Waals surface area (Å²) < 4.78 is 0. The molecule has 0 saturated carbocycles. The molecule has 0 radical (unpaired) electrons. The molecule has 2 heterocycles. The number of carbonyl (C=O) groups excluding carboxylic acids is 2. The maximum absolute atomic E-state index is 12.6. The highest BCUT2D eigenvalue weighted by Crippen LogP contribution is 2.22. The Kier molecular flexibility index (Phi) is 4.92. The summed E-state index contributed by atoms with van der Waals surface area (Å²) in [7, 11) is 0. The molecule has 1 aliphatic heterocycles. The zero-order valence-corrected chi connectivity index (χ0v) is 15.7. The maximum atomic E-state index is 12.6. The zero-order chi connectivity index (χ0) is 18.8. The second kappa shape index (κ2) is 7.50. The Morgan fingerprint density at radius 3 is 2.33 bits per heavy atom. The smallest absolute Gasteiger partial charge is 0.264 e. The predicted octanol–water partition coefficient (Wildman–Crippen LogP) is 2.96. The number of amides is 2. The van der Waals surface area contributed by atoms with Crippen molar-refractivity contribution in [2.45, 2.75) is 6.54 Å². The fraction of sp³-hybridized carbons (Fsp3) is 0.238. The molecule has 1 fully saturated rings. The number of fused-ring (bicyclic) bond motifs is 1. The molecule has 0 unspecified atom stereocenters. The number of thiophene rings is 1. The van der Waals surface area contributed by atoms with E-state index in [4.69, 9.17) is 5.73 Å². The number of benzene rings is 2. The van der Waals surface area contributed by atoms with Crippen LogP contribution in [0.25, 0.3) is 10.8 Å². The molecule has 2 amide bonds. The highest BCUT2D eigenvalue weighted by Gasteiger charge is 2.24. The summed E-state index contributed by atoms with van der Waals surface area (Å²) in [4.78, 5) is 29.1. The summed E-state index contributed by atoms with van der Waals surface area (Å²) in [5, 5.41) is 2.54. The fourth-order valence-corrected chi connectivity index (χ4v) is 4.35. The number of hydrogen-bond acceptors (Lipinski definition) is 4. The number of nitrogens with zero attached hydrogens (tertiary/aromatic N) is 2. The van der Waals surface area contributed by atoms with E-state index in [0.717, 1.165) is 19.6 Å². The molecule has 2 aromatic carbocycles. The van der Waals surface area contributed by atoms with E-state index < -0.39 is 5.91 Å². The van der Waals surface area contributed by atoms with Gasteiger partial charge >= 0.3 is 0 Å². The van der Waals surface area contributed by atoms with Crippen LogP contribution in [-0.2, 0) is 6.54 Å². The lowest BCUT2D eigenvalue weighted by atomic mass is 10.0. The second-order valence-corrected chi connectivity index (χ2v) is 7.82. The number of primary amides is 1. The van der Waals surface area contributed by atoms with E-state index in [1.54, 1.807) is 12.1 Å². The van der Waals surface area contributed by atoms with Gasteiger partial charge in [-0.25, -0.2) is 0 Å². The van der Waals surface area contributed by atoms with Crippen LogP contribution < -0.4 is 5.73 Å². The van der Waals surface area contributed by atoms with Gasteiger partial charge in [0.25, 0.3) is 11.8 Å². The van der Waals surface area contributed by atoms with Gasteiger partial charge in [0.2, 0.25) is 0 Å². The Balaban J connectivity index is 1.40. The van der Waals surface area contributed by atoms with Crippen molar-refractivity contribution >= 4 is 33.9 Å². The van der Waals surface area contributed by atoms with Gasteiger partial charge in [-0.15, -0.1) is 11.3 Å². The van der Waals surface area contributed by atoms with E-state index in [-0.39, 0.29) is 5.91 Å². The van der Waals surface area contributed by atoms with Crippen LogP contribution in [-0.4, -0.2) is 47.8 Å². The first kappa shape index (κ1) is 17.7. The Hall–Kier alpha value is -2.70. The minimum atomic E-state index is -0.487. The normalized spacial score (nSPS) is 15.2. The van der Waals surface area contributed by atoms with Crippen molar-refractivity contribution in [2.75, 3.05) is 26.2 Å². The van der Waals surface area contributed by atoms with Crippen LogP contribution in [0.15, 0.2) is 54.6 Å². The minimum absolute atomic E-state index is 0.0164. The third kappa shape index (κ3) is 3.72. The summed E-state index contributed by atoms with van der Waals surface area (Å²) >= 11 is 1.17. The first-order valence-corrected chi connectivity index (χ1v) is 9.81. The molecule has 0 atom stereocenters. The number of carbonyl (C=O) groups is 2. The van der Waals surface area contributed by atoms with Crippen LogP contribution in [0, 0.1) is 0 Å². The lowest BCUT2D eigenvalue weighted by molar-refractivity contribution is 0.0633. The van der Waals surface area contributed by atoms with Crippen molar-refractivity contribution in [3.05, 3.63) is 69.9 Å². The molecule has 0 spiro atoms. The van der Waals surface area contributed by atoms with Crippen LogP contribution in [0.4, 0.5) is 0 Å². The lowest BCUT2D eigenvalue weighted by Gasteiger charge is -2.34. The van der Waals surface area contributed by atoms with E-state index in [1.807, 2.05) is 4.90 Å². The second-order valence-electron chi connectivity index (χ2n) is 6.73. The molecule has 0 bridgehead atoms. The van der Waals surface area contributed by atoms with Gasteiger partial charge in [-0.05, 0) is 28.5 Å². The van der Waals surface area contributed by atoms with Crippen molar-refractivity contribution in [2.24, 2.45) is 5.73 Å². The third-order valence-electron chi connectivity index (χ3n) is 4.99. The van der Waals surface area contributed by atoms with Gasteiger partial charge < -0.3 is 10.6 Å². The van der Waals surface area contributed by atoms with Gasteiger partial charge in [0.1, 0.15) is 0 Å². The van der Waals surface area contributed by atoms with Crippen LogP contribution in [0.3, 0.4) is 0 Å². The maximum Gasteiger partial charge on any atom is 0.264 e. The first-order chi connectivity index (χ1) is 13.1. The fourth-order valence-electron chi connectivity index (χ4n) is 3.52. The molecule has 5 nitrogen and oxygen atoms in total. The Morgan fingerprint density at radius 1 is 0.889 bits per heavy atom. The number of nitrogens with two attached hydrogens (primary N) is 1. The summed E-state index contributed by atoms with van der Waals surface area (Å²) in [6, 6.07) is 18.2. The largest absolute Gasteiger partial charge is 0.365 e. The van der Waals surface area contributed by atoms with Crippen molar-refractivity contribution in [3.63, 3.8) is 0 Å². The average molecular weight is 379 g/mol. The molecule has 3 aromatic rings. The number of piperazine rings is 1. The average Bonchev–Trinajstić information content (AvgIpc) is 3.19. The standard InChI is InChI=1S/C21H21N3O2S/c22-20(25)18-8-9-19(27-18)21(26)24-12-10-23(11-13-24)14-16-6-3-5-15-4-1-2-7-17(15)16/h1-9H,10-14H2,(H2,22,25). The SMILES string of the molecule is NC(=O)c1ccc(C(=O)N2CCN(Cc3cccc4ccccc34)CC2)s1. The minimum Gasteiger partial charge on any atom is -0.365 e. The summed E-state index contributed by atoms with van der Waals surface area (Å²) in [5.41, 5.74) is 6.59. The summed E-state index contributed by atoms with van der Waals surface area (Å²) in [6.07, 6.45) is 0. The van der Waals surface area contributed by atoms with E-state index in [9.17, 15) is 9.59 Å². The topological polar surface area (TPSA) is 66.6 Å². The number of rotatable bonds is 4. The van der Waals surface area contributed by atoms with Gasteiger partial charge in [-0.3, -0.25) is 14.5 Å². The molecule has 0 aliphatic carbocycles. The van der Waals surface area contributed by atoms with Crippen molar-refractivity contribution < 1.29 is 9.59 Å². The molecule has 1 aromatic heterocycles. The Morgan fingerprint density at radius 2 is 1.59 bits per heavy atom. The van der Waals surface area contributed by atoms with Crippen LogP contribution in [0.1, 0.15) is 24.9 Å². The first-order valence-electron chi connectivity index (χ1n) is 9.00. The van der Waals surface area contributed by atoms with E-state index in [0.29, 0.717) is 22.8 Å². The van der Waals surface area contributed by atoms with Crippen molar-refractivity contribution in [1.29, 1.82) is 0 Å². The summed E-state index contributed by atoms with van der Waals surface area (Å²) in [5.74, 6) is -0.503. The zero-order valence-electron chi connectivity index (χ0n) is 14.9. The Bertz CT molecular complexity index is 985. The predicted molar refractivity (Wildman–Crippen MR) is 108 cm³/mol. The van der Waals surface area contributed by atoms with Crippen molar-refractivity contribution in [3.8, 4) is 0 Å². The third-order valence-corrected chi connectivity index (χ3v) is 6.08. The molecule has 27 heavy (non-hydrogen) atoms. The van der Waals surface area contributed by atoms with Crippen LogP contribution in [0.5, 0.6) is 0 Å². The molecule has 2 N–H and O–H groups in total. The molecule has 6 heteroatoms. The summed E-state index contributed by atoms with van der Waals surface area (Å²) in [6.45, 7) is 3.93. The van der Waals surface area contributed by atoms with Gasteiger partial charge in [0.05, 0.1) is 9.75 Å². The molecular formula is C21H21N3O2S.